The monoisotopic (exact) mass is 252 g/mol. The van der Waals surface area contributed by atoms with Gasteiger partial charge in [-0.05, 0) is 6.92 Å². The van der Waals surface area contributed by atoms with Crippen LogP contribution in [0.2, 0.25) is 0 Å². The Hall–Kier alpha value is -2.38. The molecule has 1 atom stereocenters. The molecule has 2 heterocycles. The lowest BCUT2D eigenvalue weighted by atomic mass is 10.2. The molecule has 18 heavy (non-hydrogen) atoms. The molecule has 2 amide bonds. The van der Waals surface area contributed by atoms with Crippen LogP contribution in [0.3, 0.4) is 0 Å². The van der Waals surface area contributed by atoms with Crippen molar-refractivity contribution < 1.29 is 9.59 Å². The number of nitrogens with zero attached hydrogens (tertiary/aromatic N) is 1. The Morgan fingerprint density at radius 2 is 2.06 bits per heavy atom. The summed E-state index contributed by atoms with van der Waals surface area (Å²) in [7, 11) is 0. The van der Waals surface area contributed by atoms with E-state index in [1.54, 1.807) is 6.92 Å². The molecule has 0 radical (unpaired) electrons. The summed E-state index contributed by atoms with van der Waals surface area (Å²) in [6.45, 7) is 2.26. The van der Waals surface area contributed by atoms with Crippen molar-refractivity contribution in [2.45, 2.75) is 13.0 Å². The number of carbonyl (C=O) groups excluding carboxylic acids is 2. The van der Waals surface area contributed by atoms with Crippen molar-refractivity contribution in [3.63, 3.8) is 0 Å². The number of hydrogen-bond acceptors (Lipinski definition) is 4. The van der Waals surface area contributed by atoms with E-state index >= 15 is 0 Å². The average Bonchev–Trinajstić information content (AvgIpc) is 2.30. The molecule has 0 bridgehead atoms. The van der Waals surface area contributed by atoms with Gasteiger partial charge in [-0.15, -0.1) is 0 Å². The molecule has 1 unspecified atom stereocenters. The molecule has 1 aromatic heterocycles. The molecule has 0 spiro atoms. The van der Waals surface area contributed by atoms with E-state index in [-0.39, 0.29) is 11.6 Å². The number of amides is 2. The summed E-state index contributed by atoms with van der Waals surface area (Å²) < 4.78 is 0. The number of rotatable bonds is 1. The third-order valence-corrected chi connectivity index (χ3v) is 2.75. The second-order valence-electron chi connectivity index (χ2n) is 3.97. The van der Waals surface area contributed by atoms with Crippen LogP contribution in [0.4, 0.5) is 0 Å². The SMILES string of the molecule is CC1C(=O)NCCN1C(=O)c1cc(=O)[nH]c(=O)[nH]1. The predicted molar refractivity (Wildman–Crippen MR) is 61.2 cm³/mol. The van der Waals surface area contributed by atoms with E-state index in [1.807, 2.05) is 4.98 Å². The molecule has 3 N–H and O–H groups in total. The van der Waals surface area contributed by atoms with Crippen LogP contribution in [0.15, 0.2) is 15.7 Å². The van der Waals surface area contributed by atoms with Crippen LogP contribution in [0.5, 0.6) is 0 Å². The Morgan fingerprint density at radius 3 is 2.72 bits per heavy atom. The van der Waals surface area contributed by atoms with Crippen LogP contribution in [0.25, 0.3) is 0 Å². The van der Waals surface area contributed by atoms with Gasteiger partial charge in [0.1, 0.15) is 11.7 Å². The molecule has 1 aliphatic rings. The Balaban J connectivity index is 2.33. The summed E-state index contributed by atoms with van der Waals surface area (Å²) in [5.41, 5.74) is -1.53. The van der Waals surface area contributed by atoms with Gasteiger partial charge in [0.05, 0.1) is 0 Å². The first-order valence-corrected chi connectivity index (χ1v) is 5.41. The van der Waals surface area contributed by atoms with Crippen molar-refractivity contribution in [1.82, 2.24) is 20.2 Å². The van der Waals surface area contributed by atoms with Crippen LogP contribution in [-0.2, 0) is 4.79 Å². The number of H-pyrrole nitrogens is 2. The summed E-state index contributed by atoms with van der Waals surface area (Å²) in [6.07, 6.45) is 0. The maximum Gasteiger partial charge on any atom is 0.326 e. The molecular weight excluding hydrogens is 240 g/mol. The molecule has 2 rings (SSSR count). The van der Waals surface area contributed by atoms with Gasteiger partial charge >= 0.3 is 5.69 Å². The number of aromatic nitrogens is 2. The Bertz CT molecular complexity index is 574. The maximum atomic E-state index is 12.1. The molecule has 1 aliphatic heterocycles. The van der Waals surface area contributed by atoms with Gasteiger partial charge in [-0.3, -0.25) is 19.4 Å². The number of nitrogens with one attached hydrogen (secondary N) is 3. The minimum absolute atomic E-state index is 0.120. The van der Waals surface area contributed by atoms with E-state index in [0.717, 1.165) is 6.07 Å². The topological polar surface area (TPSA) is 115 Å². The zero-order valence-corrected chi connectivity index (χ0v) is 9.65. The first-order valence-electron chi connectivity index (χ1n) is 5.41. The zero-order valence-electron chi connectivity index (χ0n) is 9.65. The van der Waals surface area contributed by atoms with Crippen molar-refractivity contribution in [1.29, 1.82) is 0 Å². The molecule has 8 heteroatoms. The summed E-state index contributed by atoms with van der Waals surface area (Å²) >= 11 is 0. The van der Waals surface area contributed by atoms with E-state index < -0.39 is 23.2 Å². The minimum atomic E-state index is -0.750. The van der Waals surface area contributed by atoms with Gasteiger partial charge in [0.2, 0.25) is 5.91 Å². The highest BCUT2D eigenvalue weighted by molar-refractivity contribution is 5.96. The standard InChI is InChI=1S/C10H12N4O4/c1-5-8(16)11-2-3-14(5)9(17)6-4-7(15)13-10(18)12-6/h4-5H,2-3H2,1H3,(H,11,16)(H2,12,13,15,18). The molecular formula is C10H12N4O4. The van der Waals surface area contributed by atoms with E-state index in [9.17, 15) is 19.2 Å². The largest absolute Gasteiger partial charge is 0.353 e. The van der Waals surface area contributed by atoms with Gasteiger partial charge in [-0.25, -0.2) is 4.79 Å². The fraction of sp³-hybridized carbons (Fsp3) is 0.400. The lowest BCUT2D eigenvalue weighted by Crippen LogP contribution is -2.56. The van der Waals surface area contributed by atoms with Crippen molar-refractivity contribution in [2.75, 3.05) is 13.1 Å². The van der Waals surface area contributed by atoms with Crippen molar-refractivity contribution in [3.8, 4) is 0 Å². The van der Waals surface area contributed by atoms with Gasteiger partial charge in [0.25, 0.3) is 11.5 Å². The highest BCUT2D eigenvalue weighted by Crippen LogP contribution is 2.07. The normalized spacial score (nSPS) is 19.5. The number of hydrogen-bond donors (Lipinski definition) is 3. The fourth-order valence-electron chi connectivity index (χ4n) is 1.80. The highest BCUT2D eigenvalue weighted by Gasteiger charge is 2.30. The minimum Gasteiger partial charge on any atom is -0.353 e. The van der Waals surface area contributed by atoms with Crippen LogP contribution < -0.4 is 16.6 Å². The van der Waals surface area contributed by atoms with Crippen molar-refractivity contribution in [2.24, 2.45) is 0 Å². The Kier molecular flexibility index (Phi) is 3.00. The molecule has 1 aromatic rings. The third-order valence-electron chi connectivity index (χ3n) is 2.75. The molecule has 0 aromatic carbocycles. The zero-order chi connectivity index (χ0) is 13.3. The van der Waals surface area contributed by atoms with Crippen LogP contribution in [-0.4, -0.2) is 45.8 Å². The van der Waals surface area contributed by atoms with E-state index in [2.05, 4.69) is 10.3 Å². The molecule has 1 fully saturated rings. The summed E-state index contributed by atoms with van der Waals surface area (Å²) in [5.74, 6) is -0.803. The highest BCUT2D eigenvalue weighted by atomic mass is 16.2. The van der Waals surface area contributed by atoms with Crippen LogP contribution in [0.1, 0.15) is 17.4 Å². The van der Waals surface area contributed by atoms with Gasteiger partial charge in [-0.2, -0.15) is 0 Å². The van der Waals surface area contributed by atoms with Crippen molar-refractivity contribution in [3.05, 3.63) is 32.6 Å². The second kappa shape index (κ2) is 4.47. The van der Waals surface area contributed by atoms with Gasteiger partial charge in [-0.1, -0.05) is 0 Å². The van der Waals surface area contributed by atoms with E-state index in [1.165, 1.54) is 4.90 Å². The quantitative estimate of drug-likeness (QED) is 0.537. The smallest absolute Gasteiger partial charge is 0.326 e. The summed E-state index contributed by atoms with van der Waals surface area (Å²) in [4.78, 5) is 51.2. The van der Waals surface area contributed by atoms with Gasteiger partial charge in [0, 0.05) is 19.2 Å². The maximum absolute atomic E-state index is 12.1. The van der Waals surface area contributed by atoms with Crippen molar-refractivity contribution >= 4 is 11.8 Å². The van der Waals surface area contributed by atoms with Gasteiger partial charge in [0.15, 0.2) is 0 Å². The van der Waals surface area contributed by atoms with E-state index in [4.69, 9.17) is 0 Å². The van der Waals surface area contributed by atoms with E-state index in [0.29, 0.717) is 13.1 Å². The molecule has 0 saturated carbocycles. The number of piperazine rings is 1. The number of aromatic amines is 2. The van der Waals surface area contributed by atoms with Crippen LogP contribution >= 0.6 is 0 Å². The number of carbonyl (C=O) groups is 2. The fourth-order valence-corrected chi connectivity index (χ4v) is 1.80. The van der Waals surface area contributed by atoms with Gasteiger partial charge < -0.3 is 15.2 Å². The first-order chi connectivity index (χ1) is 8.49. The average molecular weight is 252 g/mol. The molecule has 1 saturated heterocycles. The van der Waals surface area contributed by atoms with Crippen LogP contribution in [0, 0.1) is 0 Å². The molecule has 96 valence electrons. The Labute approximate surface area is 101 Å². The summed E-state index contributed by atoms with van der Waals surface area (Å²) in [5, 5.41) is 2.62. The lowest BCUT2D eigenvalue weighted by molar-refractivity contribution is -0.127. The second-order valence-corrected chi connectivity index (χ2v) is 3.97. The third kappa shape index (κ3) is 2.17. The molecule has 0 aliphatic carbocycles. The molecule has 8 nitrogen and oxygen atoms in total. The first kappa shape index (κ1) is 12.1. The predicted octanol–water partition coefficient (Wildman–Crippen LogP) is -1.98. The lowest BCUT2D eigenvalue weighted by Gasteiger charge is -2.32. The Morgan fingerprint density at radius 1 is 1.33 bits per heavy atom. The summed E-state index contributed by atoms with van der Waals surface area (Å²) in [6, 6.07) is 0.372.